The van der Waals surface area contributed by atoms with Gasteiger partial charge in [0.1, 0.15) is 11.8 Å². The van der Waals surface area contributed by atoms with Gasteiger partial charge >= 0.3 is 5.97 Å². The molecular weight excluding hydrogens is 244 g/mol. The second kappa shape index (κ2) is 5.10. The third kappa shape index (κ3) is 2.64. The summed E-state index contributed by atoms with van der Waals surface area (Å²) in [6.45, 7) is 0. The quantitative estimate of drug-likeness (QED) is 0.820. The zero-order valence-electron chi connectivity index (χ0n) is 9.83. The Hall–Kier alpha value is -3.00. The van der Waals surface area contributed by atoms with Crippen LogP contribution < -0.4 is 10.5 Å². The first-order valence-corrected chi connectivity index (χ1v) is 5.41. The molecule has 0 aliphatic heterocycles. The van der Waals surface area contributed by atoms with Crippen LogP contribution in [0, 0.1) is 11.3 Å². The van der Waals surface area contributed by atoms with Crippen LogP contribution in [0.15, 0.2) is 42.5 Å². The number of carbonyl (C=O) groups is 1. The molecule has 5 nitrogen and oxygen atoms in total. The van der Waals surface area contributed by atoms with Crippen molar-refractivity contribution < 1.29 is 14.6 Å². The Morgan fingerprint density at radius 3 is 2.63 bits per heavy atom. The average molecular weight is 254 g/mol. The molecule has 0 spiro atoms. The van der Waals surface area contributed by atoms with Gasteiger partial charge in [-0.2, -0.15) is 5.26 Å². The number of ether oxygens (including phenoxy) is 1. The highest BCUT2D eigenvalue weighted by atomic mass is 16.5. The number of nitrogens with two attached hydrogens (primary N) is 1. The number of benzene rings is 2. The summed E-state index contributed by atoms with van der Waals surface area (Å²) in [6.07, 6.45) is 0. The van der Waals surface area contributed by atoms with Crippen LogP contribution in [0.4, 0.5) is 5.69 Å². The molecule has 0 saturated carbocycles. The van der Waals surface area contributed by atoms with Gasteiger partial charge in [-0.25, -0.2) is 4.79 Å². The fourth-order valence-corrected chi connectivity index (χ4v) is 1.52. The molecule has 0 heterocycles. The molecule has 0 radical (unpaired) electrons. The Balaban J connectivity index is 2.41. The molecule has 19 heavy (non-hydrogen) atoms. The molecule has 0 fully saturated rings. The number of rotatable bonds is 3. The van der Waals surface area contributed by atoms with Crippen molar-refractivity contribution in [1.82, 2.24) is 0 Å². The molecule has 3 N–H and O–H groups in total. The van der Waals surface area contributed by atoms with Crippen LogP contribution in [0.25, 0.3) is 0 Å². The van der Waals surface area contributed by atoms with Gasteiger partial charge in [0, 0.05) is 0 Å². The van der Waals surface area contributed by atoms with Crippen molar-refractivity contribution in [3.8, 4) is 17.6 Å². The van der Waals surface area contributed by atoms with E-state index in [0.717, 1.165) is 0 Å². The number of anilines is 1. The molecule has 0 saturated heterocycles. The molecule has 2 aromatic rings. The van der Waals surface area contributed by atoms with Gasteiger partial charge in [0.05, 0.1) is 16.8 Å². The summed E-state index contributed by atoms with van der Waals surface area (Å²) < 4.78 is 5.51. The molecule has 0 unspecified atom stereocenters. The van der Waals surface area contributed by atoms with Crippen LogP contribution in [-0.2, 0) is 0 Å². The summed E-state index contributed by atoms with van der Waals surface area (Å²) in [4.78, 5) is 10.9. The largest absolute Gasteiger partial charge is 0.478 e. The van der Waals surface area contributed by atoms with E-state index >= 15 is 0 Å². The Morgan fingerprint density at radius 2 is 1.95 bits per heavy atom. The number of hydrogen-bond donors (Lipinski definition) is 2. The molecule has 94 valence electrons. The van der Waals surface area contributed by atoms with Crippen LogP contribution in [0.1, 0.15) is 15.9 Å². The van der Waals surface area contributed by atoms with E-state index in [9.17, 15) is 4.79 Å². The maximum atomic E-state index is 10.9. The van der Waals surface area contributed by atoms with Gasteiger partial charge in [-0.05, 0) is 30.3 Å². The number of carboxylic acid groups (broad SMARTS) is 1. The lowest BCUT2D eigenvalue weighted by Crippen LogP contribution is -1.99. The highest BCUT2D eigenvalue weighted by Crippen LogP contribution is 2.30. The normalized spacial score (nSPS) is 9.63. The van der Waals surface area contributed by atoms with Gasteiger partial charge in [-0.1, -0.05) is 12.1 Å². The topological polar surface area (TPSA) is 96.3 Å². The van der Waals surface area contributed by atoms with E-state index in [1.165, 1.54) is 18.2 Å². The smallest absolute Gasteiger partial charge is 0.335 e. The molecule has 0 bridgehead atoms. The fraction of sp³-hybridized carbons (Fsp3) is 0. The number of para-hydroxylation sites is 1. The predicted molar refractivity (Wildman–Crippen MR) is 69.0 cm³/mol. The number of hydrogen-bond acceptors (Lipinski definition) is 4. The monoisotopic (exact) mass is 254 g/mol. The lowest BCUT2D eigenvalue weighted by molar-refractivity contribution is 0.0696. The summed E-state index contributed by atoms with van der Waals surface area (Å²) in [5.74, 6) is -0.528. The molecule has 2 rings (SSSR count). The molecule has 2 aromatic carbocycles. The zero-order valence-corrected chi connectivity index (χ0v) is 9.83. The van der Waals surface area contributed by atoms with Gasteiger partial charge in [0.25, 0.3) is 0 Å². The average Bonchev–Trinajstić information content (AvgIpc) is 2.41. The molecule has 0 atom stereocenters. The number of aromatic carboxylic acids is 1. The van der Waals surface area contributed by atoms with Crippen molar-refractivity contribution in [2.24, 2.45) is 0 Å². The summed E-state index contributed by atoms with van der Waals surface area (Å²) >= 11 is 0. The number of nitrogen functional groups attached to an aromatic ring is 1. The van der Waals surface area contributed by atoms with Crippen molar-refractivity contribution in [2.45, 2.75) is 0 Å². The standard InChI is InChI=1S/C14H10N2O3/c15-8-10-3-1-2-4-12(10)19-13-7-9(14(17)18)5-6-11(13)16/h1-7H,16H2,(H,17,18). The predicted octanol–water partition coefficient (Wildman–Crippen LogP) is 2.63. The lowest BCUT2D eigenvalue weighted by atomic mass is 10.2. The van der Waals surface area contributed by atoms with E-state index in [1.54, 1.807) is 24.3 Å². The van der Waals surface area contributed by atoms with Crippen LogP contribution in [-0.4, -0.2) is 11.1 Å². The molecule has 0 aliphatic carbocycles. The third-order valence-electron chi connectivity index (χ3n) is 2.49. The SMILES string of the molecule is N#Cc1ccccc1Oc1cc(C(=O)O)ccc1N. The summed E-state index contributed by atoms with van der Waals surface area (Å²) in [6, 6.07) is 12.8. The van der Waals surface area contributed by atoms with E-state index < -0.39 is 5.97 Å². The highest BCUT2D eigenvalue weighted by Gasteiger charge is 2.10. The Bertz CT molecular complexity index is 675. The van der Waals surface area contributed by atoms with Gasteiger partial charge in [0.15, 0.2) is 5.75 Å². The first-order valence-electron chi connectivity index (χ1n) is 5.41. The third-order valence-corrected chi connectivity index (χ3v) is 2.49. The minimum Gasteiger partial charge on any atom is -0.478 e. The van der Waals surface area contributed by atoms with Crippen molar-refractivity contribution in [1.29, 1.82) is 5.26 Å². The second-order valence-corrected chi connectivity index (χ2v) is 3.77. The fourth-order valence-electron chi connectivity index (χ4n) is 1.52. The number of nitrogens with zero attached hydrogens (tertiary/aromatic N) is 1. The van der Waals surface area contributed by atoms with Crippen molar-refractivity contribution in [3.05, 3.63) is 53.6 Å². The second-order valence-electron chi connectivity index (χ2n) is 3.77. The van der Waals surface area contributed by atoms with Crippen molar-refractivity contribution >= 4 is 11.7 Å². The van der Waals surface area contributed by atoms with Gasteiger partial charge in [-0.15, -0.1) is 0 Å². The Morgan fingerprint density at radius 1 is 1.21 bits per heavy atom. The first-order chi connectivity index (χ1) is 9.11. The molecule has 5 heteroatoms. The summed E-state index contributed by atoms with van der Waals surface area (Å²) in [7, 11) is 0. The maximum Gasteiger partial charge on any atom is 0.335 e. The van der Waals surface area contributed by atoms with E-state index in [4.69, 9.17) is 20.8 Å². The van der Waals surface area contributed by atoms with Crippen LogP contribution in [0.2, 0.25) is 0 Å². The van der Waals surface area contributed by atoms with Crippen LogP contribution >= 0.6 is 0 Å². The van der Waals surface area contributed by atoms with E-state index in [2.05, 4.69) is 0 Å². The Labute approximate surface area is 109 Å². The van der Waals surface area contributed by atoms with Gasteiger partial charge in [-0.3, -0.25) is 0 Å². The van der Waals surface area contributed by atoms with Gasteiger partial charge < -0.3 is 15.6 Å². The minimum atomic E-state index is -1.07. The Kier molecular flexibility index (Phi) is 3.35. The maximum absolute atomic E-state index is 10.9. The van der Waals surface area contributed by atoms with Crippen LogP contribution in [0.3, 0.4) is 0 Å². The first kappa shape index (κ1) is 12.5. The zero-order chi connectivity index (χ0) is 13.8. The van der Waals surface area contributed by atoms with Crippen molar-refractivity contribution in [2.75, 3.05) is 5.73 Å². The molecular formula is C14H10N2O3. The molecule has 0 aliphatic rings. The highest BCUT2D eigenvalue weighted by molar-refractivity contribution is 5.89. The summed E-state index contributed by atoms with van der Waals surface area (Å²) in [5, 5.41) is 17.9. The minimum absolute atomic E-state index is 0.0682. The van der Waals surface area contributed by atoms with Gasteiger partial charge in [0.2, 0.25) is 0 Å². The molecule has 0 amide bonds. The van der Waals surface area contributed by atoms with Crippen LogP contribution in [0.5, 0.6) is 11.5 Å². The van der Waals surface area contributed by atoms with E-state index in [-0.39, 0.29) is 11.3 Å². The number of nitriles is 1. The summed E-state index contributed by atoms with van der Waals surface area (Å²) in [5.41, 5.74) is 6.45. The van der Waals surface area contributed by atoms with Crippen molar-refractivity contribution in [3.63, 3.8) is 0 Å². The lowest BCUT2D eigenvalue weighted by Gasteiger charge is -2.10. The molecule has 0 aromatic heterocycles. The van der Waals surface area contributed by atoms with E-state index in [1.807, 2.05) is 6.07 Å². The number of carboxylic acids is 1. The van der Waals surface area contributed by atoms with E-state index in [0.29, 0.717) is 17.0 Å².